The number of rotatable bonds is 3. The van der Waals surface area contributed by atoms with Crippen LogP contribution in [0.4, 0.5) is 0 Å². The molecular weight excluding hydrogens is 340 g/mol. The van der Waals surface area contributed by atoms with Crippen molar-refractivity contribution in [2.45, 2.75) is 19.3 Å². The van der Waals surface area contributed by atoms with Crippen LogP contribution >= 0.6 is 0 Å². The fourth-order valence-electron chi connectivity index (χ4n) is 3.94. The van der Waals surface area contributed by atoms with Gasteiger partial charge in [-0.1, -0.05) is 6.42 Å². The zero-order chi connectivity index (χ0) is 19.2. The molecule has 1 saturated carbocycles. The number of phenols is 2. The van der Waals surface area contributed by atoms with Gasteiger partial charge in [0.15, 0.2) is 5.78 Å². The van der Waals surface area contributed by atoms with Gasteiger partial charge in [-0.05, 0) is 73.2 Å². The van der Waals surface area contributed by atoms with Crippen molar-refractivity contribution in [2.75, 3.05) is 19.6 Å². The maximum atomic E-state index is 12.1. The number of aromatic hydroxyl groups is 2. The van der Waals surface area contributed by atoms with Crippen molar-refractivity contribution in [3.05, 3.63) is 59.7 Å². The van der Waals surface area contributed by atoms with Gasteiger partial charge >= 0.3 is 0 Å². The SMILES string of the molecule is N#Cc1ccc(O)cc1.O=C(CN1C[C@H]2CCC[C@H]2C1)c1ccc(O)cc1. The number of hydrogen-bond donors (Lipinski definition) is 2. The third kappa shape index (κ3) is 5.08. The lowest BCUT2D eigenvalue weighted by Gasteiger charge is -2.15. The molecule has 27 heavy (non-hydrogen) atoms. The molecule has 0 radical (unpaired) electrons. The molecule has 2 fully saturated rings. The minimum atomic E-state index is 0.162. The van der Waals surface area contributed by atoms with E-state index in [-0.39, 0.29) is 17.3 Å². The molecule has 2 aromatic rings. The Morgan fingerprint density at radius 1 is 0.963 bits per heavy atom. The lowest BCUT2D eigenvalue weighted by atomic mass is 10.0. The molecule has 1 aliphatic heterocycles. The maximum Gasteiger partial charge on any atom is 0.176 e. The van der Waals surface area contributed by atoms with Crippen LogP contribution in [-0.4, -0.2) is 40.5 Å². The summed E-state index contributed by atoms with van der Waals surface area (Å²) in [5, 5.41) is 26.2. The van der Waals surface area contributed by atoms with Gasteiger partial charge in [0.2, 0.25) is 0 Å². The minimum Gasteiger partial charge on any atom is -0.508 e. The molecule has 5 heteroatoms. The average molecular weight is 364 g/mol. The van der Waals surface area contributed by atoms with Crippen LogP contribution in [0.2, 0.25) is 0 Å². The number of benzene rings is 2. The Kier molecular flexibility index (Phi) is 6.10. The summed E-state index contributed by atoms with van der Waals surface area (Å²) < 4.78 is 0. The van der Waals surface area contributed by atoms with Crippen LogP contribution in [-0.2, 0) is 0 Å². The van der Waals surface area contributed by atoms with Crippen LogP contribution in [0.15, 0.2) is 48.5 Å². The second-order valence-corrected chi connectivity index (χ2v) is 7.27. The number of fused-ring (bicyclic) bond motifs is 1. The Morgan fingerprint density at radius 2 is 1.48 bits per heavy atom. The van der Waals surface area contributed by atoms with Gasteiger partial charge in [0, 0.05) is 18.7 Å². The van der Waals surface area contributed by atoms with Crippen LogP contribution < -0.4 is 0 Å². The molecule has 2 aromatic carbocycles. The number of carbonyl (C=O) groups excluding carboxylic acids is 1. The summed E-state index contributed by atoms with van der Waals surface area (Å²) in [6, 6.07) is 14.6. The van der Waals surface area contributed by atoms with Crippen molar-refractivity contribution in [1.29, 1.82) is 5.26 Å². The molecule has 0 aromatic heterocycles. The third-order valence-electron chi connectivity index (χ3n) is 5.35. The first-order valence-electron chi connectivity index (χ1n) is 9.29. The van der Waals surface area contributed by atoms with E-state index in [0.29, 0.717) is 17.7 Å². The van der Waals surface area contributed by atoms with Crippen molar-refractivity contribution in [3.8, 4) is 17.6 Å². The summed E-state index contributed by atoms with van der Waals surface area (Å²) in [7, 11) is 0. The number of ketones is 1. The zero-order valence-electron chi connectivity index (χ0n) is 15.2. The van der Waals surface area contributed by atoms with E-state index in [4.69, 9.17) is 10.4 Å². The quantitative estimate of drug-likeness (QED) is 0.814. The van der Waals surface area contributed by atoms with Gasteiger partial charge in [-0.15, -0.1) is 0 Å². The Labute approximate surface area is 159 Å². The topological polar surface area (TPSA) is 84.6 Å². The predicted molar refractivity (Wildman–Crippen MR) is 103 cm³/mol. The number of hydrogen-bond acceptors (Lipinski definition) is 5. The van der Waals surface area contributed by atoms with Gasteiger partial charge < -0.3 is 10.2 Å². The highest BCUT2D eigenvalue weighted by atomic mass is 16.3. The Hall–Kier alpha value is -2.84. The summed E-state index contributed by atoms with van der Waals surface area (Å²) in [6.45, 7) is 2.71. The predicted octanol–water partition coefficient (Wildman–Crippen LogP) is 3.57. The molecular formula is C22H24N2O3. The van der Waals surface area contributed by atoms with E-state index in [1.165, 1.54) is 31.4 Å². The van der Waals surface area contributed by atoms with Crippen molar-refractivity contribution >= 4 is 5.78 Å². The normalized spacial score (nSPS) is 21.0. The second-order valence-electron chi connectivity index (χ2n) is 7.27. The second kappa shape index (κ2) is 8.70. The van der Waals surface area contributed by atoms with Gasteiger partial charge in [-0.3, -0.25) is 9.69 Å². The molecule has 2 N–H and O–H groups in total. The van der Waals surface area contributed by atoms with Gasteiger partial charge in [0.1, 0.15) is 11.5 Å². The van der Waals surface area contributed by atoms with Crippen molar-refractivity contribution in [1.82, 2.24) is 4.90 Å². The van der Waals surface area contributed by atoms with E-state index in [1.54, 1.807) is 36.4 Å². The van der Waals surface area contributed by atoms with Gasteiger partial charge in [-0.2, -0.15) is 5.26 Å². The number of nitrogens with zero attached hydrogens (tertiary/aromatic N) is 2. The third-order valence-corrected chi connectivity index (χ3v) is 5.35. The van der Waals surface area contributed by atoms with Crippen molar-refractivity contribution < 1.29 is 15.0 Å². The molecule has 4 rings (SSSR count). The van der Waals surface area contributed by atoms with Crippen LogP contribution in [0.25, 0.3) is 0 Å². The summed E-state index contributed by atoms with van der Waals surface area (Å²) in [6.07, 6.45) is 4.05. The summed E-state index contributed by atoms with van der Waals surface area (Å²) in [5.74, 6) is 2.22. The van der Waals surface area contributed by atoms with Crippen LogP contribution in [0, 0.1) is 23.2 Å². The number of nitriles is 1. The first-order valence-corrected chi connectivity index (χ1v) is 9.29. The molecule has 140 valence electrons. The standard InChI is InChI=1S/C15H19NO2.C7H5NO/c17-14-6-4-11(5-7-14)15(18)10-16-8-12-2-1-3-13(12)9-16;8-5-6-1-3-7(9)4-2-6/h4-7,12-13,17H,1-3,8-10H2;1-4,9H/t12-,13+;. The highest BCUT2D eigenvalue weighted by Crippen LogP contribution is 2.37. The molecule has 1 saturated heterocycles. The monoisotopic (exact) mass is 364 g/mol. The Morgan fingerprint density at radius 3 is 2.00 bits per heavy atom. The number of phenolic OH excluding ortho intramolecular Hbond substituents is 2. The molecule has 1 heterocycles. The smallest absolute Gasteiger partial charge is 0.176 e. The fourth-order valence-corrected chi connectivity index (χ4v) is 3.94. The maximum absolute atomic E-state index is 12.1. The lowest BCUT2D eigenvalue weighted by molar-refractivity contribution is 0.0941. The van der Waals surface area contributed by atoms with E-state index < -0.39 is 0 Å². The van der Waals surface area contributed by atoms with Crippen LogP contribution in [0.1, 0.15) is 35.2 Å². The van der Waals surface area contributed by atoms with Crippen LogP contribution in [0.3, 0.4) is 0 Å². The highest BCUT2D eigenvalue weighted by Gasteiger charge is 2.36. The summed E-state index contributed by atoms with van der Waals surface area (Å²) >= 11 is 0. The Balaban J connectivity index is 0.000000197. The zero-order valence-corrected chi connectivity index (χ0v) is 15.2. The van der Waals surface area contributed by atoms with E-state index >= 15 is 0 Å². The van der Waals surface area contributed by atoms with Crippen molar-refractivity contribution in [3.63, 3.8) is 0 Å². The fraction of sp³-hybridized carbons (Fsp3) is 0.364. The number of likely N-dealkylation sites (tertiary alicyclic amines) is 1. The molecule has 2 aliphatic rings. The highest BCUT2D eigenvalue weighted by molar-refractivity contribution is 5.97. The summed E-state index contributed by atoms with van der Waals surface area (Å²) in [4.78, 5) is 14.4. The van der Waals surface area contributed by atoms with E-state index in [1.807, 2.05) is 6.07 Å². The first kappa shape index (κ1) is 18.9. The van der Waals surface area contributed by atoms with E-state index in [9.17, 15) is 9.90 Å². The number of Topliss-reactive ketones (excluding diaryl/α,β-unsaturated/α-hetero) is 1. The lowest BCUT2D eigenvalue weighted by Crippen LogP contribution is -2.28. The van der Waals surface area contributed by atoms with E-state index in [2.05, 4.69) is 4.90 Å². The average Bonchev–Trinajstić information content (AvgIpc) is 3.25. The van der Waals surface area contributed by atoms with E-state index in [0.717, 1.165) is 24.9 Å². The first-order chi connectivity index (χ1) is 13.0. The van der Waals surface area contributed by atoms with Crippen LogP contribution in [0.5, 0.6) is 11.5 Å². The number of carbonyl (C=O) groups is 1. The molecule has 0 bridgehead atoms. The molecule has 0 amide bonds. The minimum absolute atomic E-state index is 0.162. The van der Waals surface area contributed by atoms with Crippen molar-refractivity contribution in [2.24, 2.45) is 11.8 Å². The molecule has 0 spiro atoms. The summed E-state index contributed by atoms with van der Waals surface area (Å²) in [5.41, 5.74) is 1.26. The molecule has 0 unspecified atom stereocenters. The van der Waals surface area contributed by atoms with Gasteiger partial charge in [0.05, 0.1) is 18.2 Å². The molecule has 2 atom stereocenters. The van der Waals surface area contributed by atoms with Gasteiger partial charge in [0.25, 0.3) is 0 Å². The molecule has 5 nitrogen and oxygen atoms in total. The largest absolute Gasteiger partial charge is 0.508 e. The van der Waals surface area contributed by atoms with Gasteiger partial charge in [-0.25, -0.2) is 0 Å². The Bertz CT molecular complexity index is 797. The molecule has 1 aliphatic carbocycles.